The third-order valence-corrected chi connectivity index (χ3v) is 23.5. The highest BCUT2D eigenvalue weighted by atomic mass is 15.3. The molecule has 3 nitrogen and oxygen atoms in total. The van der Waals surface area contributed by atoms with Crippen molar-refractivity contribution in [1.82, 2.24) is 0 Å². The van der Waals surface area contributed by atoms with Crippen molar-refractivity contribution < 1.29 is 0 Å². The minimum atomic E-state index is -0.220. The molecule has 0 fully saturated rings. The normalized spacial score (nSPS) is 13.3. The highest BCUT2D eigenvalue weighted by Gasteiger charge is 2.45. The topological polar surface area (TPSA) is 9.72 Å². The van der Waals surface area contributed by atoms with Crippen LogP contribution in [0.15, 0.2) is 340 Å². The molecule has 3 heteroatoms. The van der Waals surface area contributed by atoms with Gasteiger partial charge in [0.25, 0.3) is 0 Å². The van der Waals surface area contributed by atoms with Crippen LogP contribution >= 0.6 is 0 Å². The summed E-state index contributed by atoms with van der Waals surface area (Å²) in [4.78, 5) is 8.16. The molecule has 0 spiro atoms. The lowest BCUT2D eigenvalue weighted by Crippen LogP contribution is -2.32. The number of hydrogen-bond donors (Lipinski definition) is 0. The Morgan fingerprint density at radius 1 is 0.207 bits per heavy atom. The molecule has 0 saturated carbocycles. The molecule has 15 aromatic carbocycles. The number of nitrogens with zero attached hydrogens (tertiary/aromatic N) is 3. The standard InChI is InChI=1S/C108H95N3/c1-105(2,3)81-53-55-85(89(64-81)70-35-19-13-20-36-70)78-51-57-95-97(60-78)111-98-61-79(86-56-54-82(106(4,5)6)65-90(86)71-37-21-14-22-38-71)52-58-96(98)110(103-93(74-43-27-17-28-44-74)68-84(108(10,11)12)69-94(103)75-45-29-18-30-46-75)100-63-80(101-87-49-33-31-47-76(87)59-77-48-32-34-50-88(77)101)62-99(104(100)111)109(95)102-91(72-39-23-15-24-40-72)66-83(107(7,8)9)67-92(102)73-41-25-16-26-42-73/h13-58,60-69,101H,59H2,1-12H3. The van der Waals surface area contributed by atoms with E-state index in [0.717, 1.165) is 113 Å². The Bertz CT molecular complexity index is 5580. The van der Waals surface area contributed by atoms with Gasteiger partial charge in [-0.1, -0.05) is 362 Å². The van der Waals surface area contributed by atoms with E-state index >= 15 is 0 Å². The summed E-state index contributed by atoms with van der Waals surface area (Å²) in [6.07, 6.45) is 0.857. The molecule has 0 saturated heterocycles. The molecule has 0 unspecified atom stereocenters. The van der Waals surface area contributed by atoms with Gasteiger partial charge in [-0.3, -0.25) is 0 Å². The average Bonchev–Trinajstić information content (AvgIpc) is 0.683. The molecule has 0 aromatic heterocycles. The van der Waals surface area contributed by atoms with Crippen molar-refractivity contribution in [3.05, 3.63) is 390 Å². The lowest BCUT2D eigenvalue weighted by molar-refractivity contribution is 0.590. The zero-order chi connectivity index (χ0) is 76.2. The monoisotopic (exact) mass is 1430 g/mol. The van der Waals surface area contributed by atoms with Crippen molar-refractivity contribution in [2.45, 2.75) is 117 Å². The van der Waals surface area contributed by atoms with Gasteiger partial charge in [0.1, 0.15) is 0 Å². The van der Waals surface area contributed by atoms with Gasteiger partial charge in [-0.2, -0.15) is 0 Å². The number of benzene rings is 15. The van der Waals surface area contributed by atoms with Gasteiger partial charge in [0.2, 0.25) is 0 Å². The van der Waals surface area contributed by atoms with Crippen LogP contribution in [0.25, 0.3) is 89.0 Å². The predicted octanol–water partition coefficient (Wildman–Crippen LogP) is 30.3. The predicted molar refractivity (Wildman–Crippen MR) is 473 cm³/mol. The van der Waals surface area contributed by atoms with Gasteiger partial charge in [0.15, 0.2) is 0 Å². The maximum Gasteiger partial charge on any atom is 0.0948 e. The van der Waals surface area contributed by atoms with E-state index in [2.05, 4.69) is 438 Å². The number of fused-ring (bicyclic) bond motifs is 6. The Morgan fingerprint density at radius 3 is 0.802 bits per heavy atom. The molecule has 0 radical (unpaired) electrons. The molecule has 0 bridgehead atoms. The molecule has 0 atom stereocenters. The third-order valence-electron chi connectivity index (χ3n) is 23.5. The van der Waals surface area contributed by atoms with Crippen LogP contribution in [0.2, 0.25) is 0 Å². The molecule has 15 aromatic rings. The zero-order valence-corrected chi connectivity index (χ0v) is 66.0. The second kappa shape index (κ2) is 27.4. The second-order valence-electron chi connectivity index (χ2n) is 34.9. The van der Waals surface area contributed by atoms with Crippen molar-refractivity contribution >= 4 is 51.2 Å². The van der Waals surface area contributed by atoms with Gasteiger partial charge >= 0.3 is 0 Å². The summed E-state index contributed by atoms with van der Waals surface area (Å²) >= 11 is 0. The molecule has 18 rings (SSSR count). The van der Waals surface area contributed by atoms with Crippen molar-refractivity contribution in [3.63, 3.8) is 0 Å². The summed E-state index contributed by atoms with van der Waals surface area (Å²) in [6.45, 7) is 28.2. The molecule has 3 aliphatic rings. The van der Waals surface area contributed by atoms with Crippen LogP contribution in [0.1, 0.15) is 139 Å². The van der Waals surface area contributed by atoms with Crippen LogP contribution in [0.3, 0.4) is 0 Å². The summed E-state index contributed by atoms with van der Waals surface area (Å²) in [6, 6.07) is 130. The van der Waals surface area contributed by atoms with E-state index in [1.165, 1.54) is 83.5 Å². The zero-order valence-electron chi connectivity index (χ0n) is 66.0. The first kappa shape index (κ1) is 70.4. The van der Waals surface area contributed by atoms with Gasteiger partial charge in [-0.15, -0.1) is 0 Å². The Hall–Kier alpha value is -12.3. The smallest absolute Gasteiger partial charge is 0.0948 e. The van der Waals surface area contributed by atoms with E-state index in [0.29, 0.717) is 0 Å². The van der Waals surface area contributed by atoms with Gasteiger partial charge in [0, 0.05) is 28.2 Å². The average molecular weight is 1430 g/mol. The van der Waals surface area contributed by atoms with E-state index in [9.17, 15) is 0 Å². The molecule has 0 amide bonds. The van der Waals surface area contributed by atoms with E-state index in [1.807, 2.05) is 0 Å². The first-order valence-electron chi connectivity index (χ1n) is 39.6. The molecule has 2 heterocycles. The van der Waals surface area contributed by atoms with Crippen molar-refractivity contribution in [3.8, 4) is 89.0 Å². The highest BCUT2D eigenvalue weighted by molar-refractivity contribution is 6.18. The molecule has 2 aliphatic heterocycles. The van der Waals surface area contributed by atoms with E-state index in [4.69, 9.17) is 0 Å². The first-order chi connectivity index (χ1) is 53.6. The van der Waals surface area contributed by atoms with Gasteiger partial charge in [0.05, 0.1) is 51.2 Å². The molecule has 0 N–H and O–H groups in total. The number of anilines is 9. The fourth-order valence-corrected chi connectivity index (χ4v) is 17.5. The Morgan fingerprint density at radius 2 is 0.486 bits per heavy atom. The third kappa shape index (κ3) is 12.7. The lowest BCUT2D eigenvalue weighted by atomic mass is 9.74. The summed E-state index contributed by atoms with van der Waals surface area (Å²) in [5, 5.41) is 0. The molecule has 1 aliphatic carbocycles. The maximum atomic E-state index is 2.72. The van der Waals surface area contributed by atoms with Crippen LogP contribution in [-0.4, -0.2) is 0 Å². The van der Waals surface area contributed by atoms with Crippen molar-refractivity contribution in [2.75, 3.05) is 14.7 Å². The highest BCUT2D eigenvalue weighted by Crippen LogP contribution is 2.68. The van der Waals surface area contributed by atoms with Gasteiger partial charge in [-0.05, 0) is 206 Å². The Labute approximate surface area is 657 Å². The van der Waals surface area contributed by atoms with Gasteiger partial charge in [-0.25, -0.2) is 0 Å². The largest absolute Gasteiger partial charge is 0.305 e. The fraction of sp³-hybridized carbons (Fsp3) is 0.167. The van der Waals surface area contributed by atoms with Crippen molar-refractivity contribution in [1.29, 1.82) is 0 Å². The number of hydrogen-bond acceptors (Lipinski definition) is 3. The lowest BCUT2D eigenvalue weighted by Gasteiger charge is -2.49. The van der Waals surface area contributed by atoms with Crippen molar-refractivity contribution in [2.24, 2.45) is 0 Å². The quantitative estimate of drug-likeness (QED) is 0.128. The van der Waals surface area contributed by atoms with Gasteiger partial charge < -0.3 is 14.7 Å². The van der Waals surface area contributed by atoms with E-state index in [1.54, 1.807) is 0 Å². The summed E-state index contributed by atoms with van der Waals surface area (Å²) < 4.78 is 0. The van der Waals surface area contributed by atoms with Crippen LogP contribution in [0.4, 0.5) is 51.2 Å². The van der Waals surface area contributed by atoms with Crippen LogP contribution < -0.4 is 14.7 Å². The van der Waals surface area contributed by atoms with Crippen LogP contribution in [0, 0.1) is 0 Å². The Kier molecular flexibility index (Phi) is 17.4. The van der Waals surface area contributed by atoms with Crippen LogP contribution in [0.5, 0.6) is 0 Å². The Balaban J connectivity index is 1.06. The summed E-state index contributed by atoms with van der Waals surface area (Å²) in [5.41, 5.74) is 39.3. The summed E-state index contributed by atoms with van der Waals surface area (Å²) in [5.74, 6) is -0.145. The van der Waals surface area contributed by atoms with Crippen LogP contribution in [-0.2, 0) is 28.1 Å². The van der Waals surface area contributed by atoms with E-state index in [-0.39, 0.29) is 27.6 Å². The van der Waals surface area contributed by atoms with E-state index < -0.39 is 0 Å². The summed E-state index contributed by atoms with van der Waals surface area (Å²) in [7, 11) is 0. The molecule has 111 heavy (non-hydrogen) atoms. The minimum Gasteiger partial charge on any atom is -0.305 e. The number of rotatable bonds is 11. The maximum absolute atomic E-state index is 2.72. The first-order valence-corrected chi connectivity index (χ1v) is 39.6. The minimum absolute atomic E-state index is 0.100. The molecule has 542 valence electrons. The SMILES string of the molecule is CC(C)(C)c1ccc(-c2ccc3c(c2)N2c4cc(-c5ccc(C(C)(C)C)cc5-c5ccccc5)ccc4N(c4c(-c5ccccc5)cc(C(C)(C)C)cc4-c4ccccc4)c4cc(C5c6ccccc6Cc6ccccc65)cc(c42)N3c2c(-c3ccccc3)cc(C(C)(C)C)cc2-c2ccccc2)c(-c2ccccc2)c1. The molecular formula is C108H95N3. The molecular weight excluding hydrogens is 1340 g/mol. The second-order valence-corrected chi connectivity index (χ2v) is 34.9. The fourth-order valence-electron chi connectivity index (χ4n) is 17.5.